The summed E-state index contributed by atoms with van der Waals surface area (Å²) in [7, 11) is 0. The predicted molar refractivity (Wildman–Crippen MR) is 136 cm³/mol. The Morgan fingerprint density at radius 1 is 0.778 bits per heavy atom. The van der Waals surface area contributed by atoms with Crippen molar-refractivity contribution in [3.63, 3.8) is 0 Å². The van der Waals surface area contributed by atoms with Gasteiger partial charge in [0.05, 0.1) is 0 Å². The van der Waals surface area contributed by atoms with Crippen molar-refractivity contribution >= 4 is 5.97 Å². The first-order valence-corrected chi connectivity index (χ1v) is 11.7. The largest absolute Gasteiger partial charge is 0.481 e. The number of halogens is 1. The average Bonchev–Trinajstić information content (AvgIpc) is 2.87. The summed E-state index contributed by atoms with van der Waals surface area (Å²) in [5, 5.41) is 8.91. The maximum atomic E-state index is 14.7. The van der Waals surface area contributed by atoms with Crippen LogP contribution in [0, 0.1) is 12.7 Å². The van der Waals surface area contributed by atoms with Crippen molar-refractivity contribution in [3.8, 4) is 34.5 Å². The molecule has 1 N–H and O–H groups in total. The molecule has 4 aromatic carbocycles. The summed E-state index contributed by atoms with van der Waals surface area (Å²) in [6.07, 6.45) is 1.33. The van der Waals surface area contributed by atoms with Gasteiger partial charge in [0.15, 0.2) is 23.1 Å². The summed E-state index contributed by atoms with van der Waals surface area (Å²) in [4.78, 5) is 10.9. The van der Waals surface area contributed by atoms with Gasteiger partial charge in [-0.3, -0.25) is 4.79 Å². The molecule has 0 aliphatic carbocycles. The molecule has 0 aromatic heterocycles. The van der Waals surface area contributed by atoms with Crippen LogP contribution in [0.4, 0.5) is 4.39 Å². The molecule has 0 atom stereocenters. The summed E-state index contributed by atoms with van der Waals surface area (Å²) < 4.78 is 32.6. The number of hydrogen-bond donors (Lipinski definition) is 1. The number of aliphatic carboxylic acids is 1. The predicted octanol–water partition coefficient (Wildman–Crippen LogP) is 8.09. The van der Waals surface area contributed by atoms with Gasteiger partial charge in [-0.25, -0.2) is 4.39 Å². The summed E-state index contributed by atoms with van der Waals surface area (Å²) in [5.74, 6) is 1.11. The fraction of sp³-hybridized carbons (Fsp3) is 0.167. The number of para-hydroxylation sites is 1. The lowest BCUT2D eigenvalue weighted by Gasteiger charge is -2.15. The van der Waals surface area contributed by atoms with Gasteiger partial charge >= 0.3 is 5.97 Å². The minimum absolute atomic E-state index is 0.00413. The third-order valence-corrected chi connectivity index (χ3v) is 5.67. The Bertz CT molecular complexity index is 1350. The number of ether oxygens (including phenoxy) is 3. The quantitative estimate of drug-likeness (QED) is 0.245. The van der Waals surface area contributed by atoms with Crippen molar-refractivity contribution in [3.05, 3.63) is 107 Å². The number of benzene rings is 4. The van der Waals surface area contributed by atoms with Gasteiger partial charge in [0.1, 0.15) is 17.2 Å². The van der Waals surface area contributed by atoms with E-state index in [1.807, 2.05) is 68.4 Å². The number of carbonyl (C=O) groups is 1. The third kappa shape index (κ3) is 6.42. The molecule has 0 amide bonds. The van der Waals surface area contributed by atoms with E-state index in [2.05, 4.69) is 0 Å². The molecular weight excluding hydrogens is 459 g/mol. The van der Waals surface area contributed by atoms with Gasteiger partial charge in [0, 0.05) is 12.5 Å². The molecule has 0 unspecified atom stereocenters. The highest BCUT2D eigenvalue weighted by Gasteiger charge is 2.14. The van der Waals surface area contributed by atoms with Crippen LogP contribution in [0.2, 0.25) is 0 Å². The van der Waals surface area contributed by atoms with Gasteiger partial charge in [0.25, 0.3) is 0 Å². The second-order valence-electron chi connectivity index (χ2n) is 8.33. The molecule has 4 aromatic rings. The van der Waals surface area contributed by atoms with Crippen LogP contribution in [0.15, 0.2) is 84.9 Å². The maximum absolute atomic E-state index is 14.7. The van der Waals surface area contributed by atoms with Gasteiger partial charge in [-0.1, -0.05) is 37.3 Å². The molecule has 0 heterocycles. The molecule has 5 nitrogen and oxygen atoms in total. The van der Waals surface area contributed by atoms with Crippen LogP contribution >= 0.6 is 0 Å². The van der Waals surface area contributed by atoms with E-state index in [0.717, 1.165) is 23.1 Å². The summed E-state index contributed by atoms with van der Waals surface area (Å²) in [6, 6.07) is 24.6. The molecule has 0 aliphatic heterocycles. The van der Waals surface area contributed by atoms with E-state index in [1.165, 1.54) is 18.2 Å². The smallest absolute Gasteiger partial charge is 0.303 e. The molecule has 6 heteroatoms. The van der Waals surface area contributed by atoms with Gasteiger partial charge in [-0.15, -0.1) is 0 Å². The number of carboxylic acid groups (broad SMARTS) is 1. The highest BCUT2D eigenvalue weighted by molar-refractivity contribution is 5.67. The van der Waals surface area contributed by atoms with E-state index in [-0.39, 0.29) is 12.2 Å². The zero-order chi connectivity index (χ0) is 25.5. The maximum Gasteiger partial charge on any atom is 0.303 e. The van der Waals surface area contributed by atoms with E-state index in [0.29, 0.717) is 35.2 Å². The molecule has 0 spiro atoms. The Labute approximate surface area is 209 Å². The number of carboxylic acids is 1. The highest BCUT2D eigenvalue weighted by atomic mass is 19.1. The molecular formula is C30H27FO5. The van der Waals surface area contributed by atoms with E-state index in [4.69, 9.17) is 19.3 Å². The highest BCUT2D eigenvalue weighted by Crippen LogP contribution is 2.38. The topological polar surface area (TPSA) is 65.0 Å². The fourth-order valence-electron chi connectivity index (χ4n) is 3.69. The third-order valence-electron chi connectivity index (χ3n) is 5.67. The lowest BCUT2D eigenvalue weighted by Crippen LogP contribution is -1.99. The van der Waals surface area contributed by atoms with Crippen molar-refractivity contribution < 1.29 is 28.5 Å². The Morgan fingerprint density at radius 2 is 1.53 bits per heavy atom. The van der Waals surface area contributed by atoms with Crippen LogP contribution in [-0.4, -0.2) is 11.1 Å². The Balaban J connectivity index is 1.55. The van der Waals surface area contributed by atoms with E-state index in [9.17, 15) is 9.18 Å². The molecule has 0 bridgehead atoms. The van der Waals surface area contributed by atoms with Crippen LogP contribution in [0.25, 0.3) is 0 Å². The van der Waals surface area contributed by atoms with E-state index in [1.54, 1.807) is 12.1 Å². The first-order chi connectivity index (χ1) is 17.4. The lowest BCUT2D eigenvalue weighted by atomic mass is 10.0. The zero-order valence-electron chi connectivity index (χ0n) is 20.2. The van der Waals surface area contributed by atoms with E-state index < -0.39 is 11.8 Å². The Morgan fingerprint density at radius 3 is 2.25 bits per heavy atom. The zero-order valence-corrected chi connectivity index (χ0v) is 20.2. The number of rotatable bonds is 10. The van der Waals surface area contributed by atoms with Crippen LogP contribution in [0.3, 0.4) is 0 Å². The van der Waals surface area contributed by atoms with Gasteiger partial charge < -0.3 is 19.3 Å². The monoisotopic (exact) mass is 486 g/mol. The Hall–Kier alpha value is -4.32. The normalized spacial score (nSPS) is 10.6. The average molecular weight is 487 g/mol. The molecule has 0 saturated heterocycles. The minimum Gasteiger partial charge on any atom is -0.481 e. The second kappa shape index (κ2) is 11.4. The summed E-state index contributed by atoms with van der Waals surface area (Å²) in [5.41, 5.74) is 2.92. The van der Waals surface area contributed by atoms with Crippen LogP contribution in [0.1, 0.15) is 30.0 Å². The van der Waals surface area contributed by atoms with Gasteiger partial charge in [-0.05, 0) is 85.0 Å². The number of hydrogen-bond acceptors (Lipinski definition) is 4. The SMILES string of the molecule is CCc1ccc(Oc2cc(Oc3ccc(CCC(=O)O)c(C)c3)ccc2F)c(Oc2ccccc2)c1. The van der Waals surface area contributed by atoms with Crippen LogP contribution < -0.4 is 14.2 Å². The molecule has 0 fully saturated rings. The fourth-order valence-corrected chi connectivity index (χ4v) is 3.69. The van der Waals surface area contributed by atoms with Crippen molar-refractivity contribution in [1.29, 1.82) is 0 Å². The molecule has 0 aliphatic rings. The van der Waals surface area contributed by atoms with Crippen LogP contribution in [-0.2, 0) is 17.6 Å². The van der Waals surface area contributed by atoms with E-state index >= 15 is 0 Å². The van der Waals surface area contributed by atoms with Crippen molar-refractivity contribution in [2.45, 2.75) is 33.1 Å². The second-order valence-corrected chi connectivity index (χ2v) is 8.33. The van der Waals surface area contributed by atoms with Crippen molar-refractivity contribution in [2.75, 3.05) is 0 Å². The molecule has 4 rings (SSSR count). The summed E-state index contributed by atoms with van der Waals surface area (Å²) in [6.45, 7) is 3.94. The van der Waals surface area contributed by atoms with Crippen molar-refractivity contribution in [2.24, 2.45) is 0 Å². The minimum atomic E-state index is -0.838. The molecule has 36 heavy (non-hydrogen) atoms. The van der Waals surface area contributed by atoms with Crippen LogP contribution in [0.5, 0.6) is 34.5 Å². The standard InChI is InChI=1S/C30H27FO5/c1-3-21-9-15-27(29(18-21)35-23-7-5-4-6-8-23)36-28-19-25(13-14-26(28)31)34-24-12-10-22(20(2)17-24)11-16-30(32)33/h4-10,12-15,17-19H,3,11,16H2,1-2H3,(H,32,33). The lowest BCUT2D eigenvalue weighted by molar-refractivity contribution is -0.136. The first kappa shape index (κ1) is 24.8. The molecule has 0 saturated carbocycles. The molecule has 184 valence electrons. The van der Waals surface area contributed by atoms with Gasteiger partial charge in [0.2, 0.25) is 0 Å². The first-order valence-electron chi connectivity index (χ1n) is 11.7. The number of aryl methyl sites for hydroxylation is 3. The Kier molecular flexibility index (Phi) is 7.85. The summed E-state index contributed by atoms with van der Waals surface area (Å²) >= 11 is 0. The van der Waals surface area contributed by atoms with Crippen molar-refractivity contribution in [1.82, 2.24) is 0 Å². The van der Waals surface area contributed by atoms with Gasteiger partial charge in [-0.2, -0.15) is 0 Å². The molecule has 0 radical (unpaired) electrons.